The number of rotatable bonds is 10. The van der Waals surface area contributed by atoms with Gasteiger partial charge in [-0.05, 0) is 75.4 Å². The molecule has 0 heterocycles. The minimum Gasteiger partial charge on any atom is -0.403 e. The van der Waals surface area contributed by atoms with Gasteiger partial charge in [-0.25, -0.2) is 17.2 Å². The molecule has 0 aliphatic heterocycles. The molecule has 1 atom stereocenters. The molecule has 5 aromatic rings. The van der Waals surface area contributed by atoms with E-state index in [-0.39, 0.29) is 28.5 Å². The first-order valence-electron chi connectivity index (χ1n) is 14.7. The molecule has 0 fully saturated rings. The van der Waals surface area contributed by atoms with Gasteiger partial charge in [0.2, 0.25) is 0 Å². The molecule has 0 saturated carbocycles. The maximum Gasteiger partial charge on any atom is 0.261 e. The predicted molar refractivity (Wildman–Crippen MR) is 180 cm³/mol. The third-order valence-corrected chi connectivity index (χ3v) is 15.5. The van der Waals surface area contributed by atoms with Crippen molar-refractivity contribution in [2.45, 2.75) is 49.0 Å². The van der Waals surface area contributed by atoms with Crippen LogP contribution in [-0.4, -0.2) is 16.7 Å². The lowest BCUT2D eigenvalue weighted by molar-refractivity contribution is 0.285. The van der Waals surface area contributed by atoms with Crippen LogP contribution in [0.1, 0.15) is 42.7 Å². The van der Waals surface area contributed by atoms with Crippen LogP contribution in [0.15, 0.2) is 132 Å². The summed E-state index contributed by atoms with van der Waals surface area (Å²) in [4.78, 5) is -0.0263. The molecule has 0 amide bonds. The Morgan fingerprint density at radius 1 is 0.733 bits per heavy atom. The van der Waals surface area contributed by atoms with E-state index in [2.05, 4.69) is 45.0 Å². The fourth-order valence-corrected chi connectivity index (χ4v) is 12.4. The number of hydrogen-bond donors (Lipinski definition) is 0. The van der Waals surface area contributed by atoms with E-state index >= 15 is 4.39 Å². The van der Waals surface area contributed by atoms with Crippen LogP contribution in [0.2, 0.25) is 10.1 Å². The third kappa shape index (κ3) is 6.82. The second-order valence-electron chi connectivity index (χ2n) is 12.1. The van der Waals surface area contributed by atoms with Gasteiger partial charge in [-0.2, -0.15) is 0 Å². The van der Waals surface area contributed by atoms with Crippen LogP contribution in [0.5, 0.6) is 0 Å². The van der Waals surface area contributed by atoms with Crippen LogP contribution in [0, 0.1) is 11.6 Å². The van der Waals surface area contributed by atoms with Crippen LogP contribution < -0.4 is 10.4 Å². The number of sulfone groups is 1. The molecule has 3 nitrogen and oxygen atoms in total. The molecule has 0 bridgehead atoms. The van der Waals surface area contributed by atoms with Crippen LogP contribution in [0.3, 0.4) is 0 Å². The van der Waals surface area contributed by atoms with Crippen molar-refractivity contribution in [2.24, 2.45) is 0 Å². The summed E-state index contributed by atoms with van der Waals surface area (Å²) in [6, 6.07) is 36.5. The molecular weight excluding hydrogens is 626 g/mol. The van der Waals surface area contributed by atoms with Gasteiger partial charge in [-0.1, -0.05) is 117 Å². The zero-order chi connectivity index (χ0) is 32.2. The summed E-state index contributed by atoms with van der Waals surface area (Å²) in [7, 11) is -7.09. The van der Waals surface area contributed by atoms with Gasteiger partial charge < -0.3 is 4.43 Å². The van der Waals surface area contributed by atoms with E-state index in [4.69, 9.17) is 16.0 Å². The highest BCUT2D eigenvalue weighted by Gasteiger charge is 2.50. The van der Waals surface area contributed by atoms with Gasteiger partial charge >= 0.3 is 0 Å². The summed E-state index contributed by atoms with van der Waals surface area (Å²) in [6.07, 6.45) is -0.0917. The van der Waals surface area contributed by atoms with Crippen molar-refractivity contribution in [3.8, 4) is 0 Å². The lowest BCUT2D eigenvalue weighted by Crippen LogP contribution is -2.66. The second-order valence-corrected chi connectivity index (χ2v) is 19.0. The van der Waals surface area contributed by atoms with Crippen molar-refractivity contribution in [3.05, 3.63) is 161 Å². The number of benzene rings is 5. The molecule has 232 valence electrons. The summed E-state index contributed by atoms with van der Waals surface area (Å²) < 4.78 is 65.1. The molecule has 8 heteroatoms. The fraction of sp³-hybridized carbons (Fsp3) is 0.189. The Labute approximate surface area is 270 Å². The maximum absolute atomic E-state index is 15.3. The lowest BCUT2D eigenvalue weighted by atomic mass is 9.99. The highest BCUT2D eigenvalue weighted by Crippen LogP contribution is 2.39. The molecule has 0 aromatic heterocycles. The molecule has 0 saturated heterocycles. The van der Waals surface area contributed by atoms with Crippen LogP contribution >= 0.6 is 11.6 Å². The lowest BCUT2D eigenvalue weighted by Gasteiger charge is -2.43. The normalized spacial score (nSPS) is 13.0. The molecule has 0 spiro atoms. The van der Waals surface area contributed by atoms with Gasteiger partial charge in [-0.3, -0.25) is 0 Å². The molecule has 45 heavy (non-hydrogen) atoms. The monoisotopic (exact) mass is 660 g/mol. The highest BCUT2D eigenvalue weighted by atomic mass is 35.5. The summed E-state index contributed by atoms with van der Waals surface area (Å²) in [5.41, 5.74) is 1.22. The van der Waals surface area contributed by atoms with Crippen molar-refractivity contribution >= 4 is 40.1 Å². The van der Waals surface area contributed by atoms with Crippen molar-refractivity contribution in [1.82, 2.24) is 0 Å². The maximum atomic E-state index is 15.3. The highest BCUT2D eigenvalue weighted by molar-refractivity contribution is 7.91. The Morgan fingerprint density at radius 3 is 1.82 bits per heavy atom. The number of hydrogen-bond acceptors (Lipinski definition) is 3. The summed E-state index contributed by atoms with van der Waals surface area (Å²) in [5, 5.41) is 0.935. The first-order chi connectivity index (χ1) is 21.4. The van der Waals surface area contributed by atoms with E-state index in [1.165, 1.54) is 24.3 Å². The minimum absolute atomic E-state index is 0.0263. The summed E-state index contributed by atoms with van der Waals surface area (Å²) >= 11 is 6.03. The molecule has 5 aromatic carbocycles. The van der Waals surface area contributed by atoms with E-state index in [0.29, 0.717) is 10.6 Å². The third-order valence-electron chi connectivity index (χ3n) is 8.21. The molecule has 1 unspecified atom stereocenters. The Morgan fingerprint density at radius 2 is 1.27 bits per heavy atom. The van der Waals surface area contributed by atoms with Gasteiger partial charge in [0.15, 0.2) is 9.84 Å². The standard InChI is InChI=1S/C37H35ClF2O3SSi/c1-37(2,3)45(32-14-6-4-7-15-32,33-16-8-5-9-17-33)43-26-28-13-11-10-12-27(28)24-36(34-25-30(39)20-23-35(34)40)44(41,42)31-21-18-29(38)19-22-31/h4-23,25,36H,24,26H2,1-3H3. The Hall–Kier alpha value is -3.62. The average molecular weight is 661 g/mol. The predicted octanol–water partition coefficient (Wildman–Crippen LogP) is 8.45. The van der Waals surface area contributed by atoms with Crippen molar-refractivity contribution in [1.29, 1.82) is 0 Å². The van der Waals surface area contributed by atoms with Crippen LogP contribution in [0.25, 0.3) is 0 Å². The van der Waals surface area contributed by atoms with Gasteiger partial charge in [0.25, 0.3) is 8.32 Å². The van der Waals surface area contributed by atoms with E-state index in [1.54, 1.807) is 0 Å². The first kappa shape index (κ1) is 32.8. The second kappa shape index (κ2) is 13.4. The summed E-state index contributed by atoms with van der Waals surface area (Å²) in [6.45, 7) is 6.76. The molecule has 0 N–H and O–H groups in total. The summed E-state index contributed by atoms with van der Waals surface area (Å²) in [5.74, 6) is -1.51. The first-order valence-corrected chi connectivity index (χ1v) is 18.5. The smallest absolute Gasteiger partial charge is 0.261 e. The molecular formula is C37H35ClF2O3SSi. The van der Waals surface area contributed by atoms with E-state index in [1.807, 2.05) is 60.7 Å². The quantitative estimate of drug-likeness (QED) is 0.141. The Bertz CT molecular complexity index is 1820. The van der Waals surface area contributed by atoms with E-state index in [0.717, 1.165) is 34.1 Å². The van der Waals surface area contributed by atoms with Gasteiger partial charge in [0.1, 0.15) is 11.6 Å². The topological polar surface area (TPSA) is 43.4 Å². The molecule has 0 radical (unpaired) electrons. The molecule has 5 rings (SSSR count). The zero-order valence-corrected chi connectivity index (χ0v) is 28.0. The van der Waals surface area contributed by atoms with E-state index in [9.17, 15) is 12.8 Å². The van der Waals surface area contributed by atoms with E-state index < -0.39 is 35.0 Å². The average Bonchev–Trinajstić information content (AvgIpc) is 3.02. The zero-order valence-electron chi connectivity index (χ0n) is 25.4. The largest absolute Gasteiger partial charge is 0.403 e. The molecule has 0 aliphatic rings. The van der Waals surface area contributed by atoms with Crippen LogP contribution in [-0.2, 0) is 27.3 Å². The molecule has 0 aliphatic carbocycles. The minimum atomic E-state index is -4.18. The van der Waals surface area contributed by atoms with Gasteiger partial charge in [-0.15, -0.1) is 0 Å². The Balaban J connectivity index is 1.59. The van der Waals surface area contributed by atoms with Crippen molar-refractivity contribution in [2.75, 3.05) is 0 Å². The van der Waals surface area contributed by atoms with Crippen LogP contribution in [0.4, 0.5) is 8.78 Å². The SMILES string of the molecule is CC(C)(C)[Si](OCc1ccccc1CC(c1cc(F)ccc1F)S(=O)(=O)c1ccc(Cl)cc1)(c1ccccc1)c1ccccc1. The van der Waals surface area contributed by atoms with Gasteiger partial charge in [0.05, 0.1) is 16.8 Å². The van der Waals surface area contributed by atoms with Crippen molar-refractivity contribution in [3.63, 3.8) is 0 Å². The van der Waals surface area contributed by atoms with Crippen molar-refractivity contribution < 1.29 is 21.6 Å². The Kier molecular flexibility index (Phi) is 9.75. The van der Waals surface area contributed by atoms with Gasteiger partial charge in [0, 0.05) is 10.6 Å². The fourth-order valence-electron chi connectivity index (χ4n) is 5.98. The number of halogens is 3.